The van der Waals surface area contributed by atoms with Crippen molar-refractivity contribution in [2.24, 2.45) is 0 Å². The summed E-state index contributed by atoms with van der Waals surface area (Å²) in [5.74, 6) is 0. The second-order valence-corrected chi connectivity index (χ2v) is 19.7. The lowest BCUT2D eigenvalue weighted by atomic mass is 9.67. The highest BCUT2D eigenvalue weighted by molar-refractivity contribution is 6.11. The normalized spacial score (nSPS) is 13.8. The number of hydrogen-bond acceptors (Lipinski definition) is 1. The zero-order chi connectivity index (χ0) is 52.3. The topological polar surface area (TPSA) is 8.17 Å². The molecule has 1 unspecified atom stereocenters. The van der Waals surface area contributed by atoms with Crippen molar-refractivity contribution in [2.75, 3.05) is 4.90 Å². The summed E-state index contributed by atoms with van der Waals surface area (Å²) >= 11 is 0. The molecule has 0 N–H and O–H groups in total. The van der Waals surface area contributed by atoms with Crippen molar-refractivity contribution in [3.05, 3.63) is 313 Å². The van der Waals surface area contributed by atoms with Crippen molar-refractivity contribution in [3.63, 3.8) is 0 Å². The molecule has 0 fully saturated rings. The van der Waals surface area contributed by atoms with Crippen LogP contribution in [0.3, 0.4) is 0 Å². The van der Waals surface area contributed by atoms with Crippen LogP contribution in [0.15, 0.2) is 274 Å². The Bertz CT molecular complexity index is 4180. The summed E-state index contributed by atoms with van der Waals surface area (Å²) < 4.78 is 43.4. The first-order valence-electron chi connectivity index (χ1n) is 25.8. The number of halogens is 3. The van der Waals surface area contributed by atoms with Gasteiger partial charge in [-0.3, -0.25) is 0 Å². The molecule has 12 aromatic rings. The van der Waals surface area contributed by atoms with E-state index in [4.69, 9.17) is 0 Å². The van der Waals surface area contributed by atoms with Crippen LogP contribution in [-0.2, 0) is 11.6 Å². The quantitative estimate of drug-likeness (QED) is 0.125. The first-order chi connectivity index (χ1) is 37.7. The molecule has 13 rings (SSSR count). The number of hydrogen-bond donors (Lipinski definition) is 0. The Morgan fingerprint density at radius 1 is 0.377 bits per heavy atom. The number of aromatic nitrogens is 1. The predicted octanol–water partition coefficient (Wildman–Crippen LogP) is 19.9. The number of anilines is 3. The van der Waals surface area contributed by atoms with E-state index < -0.39 is 17.2 Å². The smallest absolute Gasteiger partial charge is 0.310 e. The average molecular weight is 999 g/mol. The first kappa shape index (κ1) is 47.0. The van der Waals surface area contributed by atoms with Crippen LogP contribution >= 0.6 is 0 Å². The summed E-state index contributed by atoms with van der Waals surface area (Å²) in [4.78, 5) is 2.35. The summed E-state index contributed by atoms with van der Waals surface area (Å²) in [5.41, 5.74) is 19.9. The van der Waals surface area contributed by atoms with Crippen molar-refractivity contribution in [2.45, 2.75) is 11.6 Å². The molecular weight excluding hydrogens is 950 g/mol. The minimum atomic E-state index is -4.44. The molecule has 77 heavy (non-hydrogen) atoms. The van der Waals surface area contributed by atoms with Crippen molar-refractivity contribution >= 4 is 51.0 Å². The Kier molecular flexibility index (Phi) is 11.5. The SMILES string of the molecule is C=Cc1ccc(-c2ccc3c(c2)c2cc(-c4ccc(N(c5ccc(-c6ccccc6)cc5)c5ccc6c(c5)C(c5ccccc5)(c5ccc(C=C)cc5)c5ccccc5-6)cc4)ccc2n3-c2ccc(C(F)(F)F)cc2)cc1. The minimum Gasteiger partial charge on any atom is -0.310 e. The van der Waals surface area contributed by atoms with Gasteiger partial charge in [0.25, 0.3) is 0 Å². The molecule has 0 saturated heterocycles. The molecule has 1 aliphatic rings. The molecule has 0 radical (unpaired) electrons. The number of nitrogens with zero attached hydrogens (tertiary/aromatic N) is 2. The second-order valence-electron chi connectivity index (χ2n) is 19.7. The molecule has 368 valence electrons. The van der Waals surface area contributed by atoms with Crippen LogP contribution in [-0.4, -0.2) is 4.57 Å². The molecule has 2 nitrogen and oxygen atoms in total. The van der Waals surface area contributed by atoms with Gasteiger partial charge in [0.1, 0.15) is 0 Å². The Balaban J connectivity index is 0.956. The standard InChI is InChI=1S/C72H49F3N2/c1-3-48-19-23-52(24-20-48)54-29-43-69-65(45-54)66-46-55(30-44-70(66)77(69)61-39-33-58(34-40-61)72(73,74)75)53-27-37-60(38-28-53)76(59-35-25-51(26-36-59)50-13-7-5-8-14-50)62-41-42-64-63-17-11-12-18-67(63)71(68(64)47-62,56-15-9-6-10-16-56)57-31-21-49(4-2)22-32-57/h3-47H,1-2H2. The molecule has 1 atom stereocenters. The molecule has 0 saturated carbocycles. The van der Waals surface area contributed by atoms with E-state index >= 15 is 0 Å². The fourth-order valence-corrected chi connectivity index (χ4v) is 11.7. The molecule has 5 heteroatoms. The lowest BCUT2D eigenvalue weighted by Crippen LogP contribution is -2.28. The van der Waals surface area contributed by atoms with E-state index in [9.17, 15) is 13.2 Å². The monoisotopic (exact) mass is 998 g/mol. The van der Waals surface area contributed by atoms with Crippen molar-refractivity contribution in [1.29, 1.82) is 0 Å². The van der Waals surface area contributed by atoms with E-state index in [0.29, 0.717) is 5.69 Å². The molecule has 11 aromatic carbocycles. The largest absolute Gasteiger partial charge is 0.416 e. The van der Waals surface area contributed by atoms with Crippen LogP contribution in [0.5, 0.6) is 0 Å². The van der Waals surface area contributed by atoms with Gasteiger partial charge in [0, 0.05) is 33.5 Å². The fourth-order valence-electron chi connectivity index (χ4n) is 11.7. The van der Waals surface area contributed by atoms with Crippen LogP contribution in [0.4, 0.5) is 30.2 Å². The molecule has 0 amide bonds. The Morgan fingerprint density at radius 3 is 1.38 bits per heavy atom. The van der Waals surface area contributed by atoms with Crippen LogP contribution < -0.4 is 4.90 Å². The summed E-state index contributed by atoms with van der Waals surface area (Å²) in [6.07, 6.45) is -0.720. The van der Waals surface area contributed by atoms with E-state index in [-0.39, 0.29) is 0 Å². The zero-order valence-electron chi connectivity index (χ0n) is 41.9. The Labute approximate surface area is 446 Å². The first-order valence-corrected chi connectivity index (χ1v) is 25.8. The van der Waals surface area contributed by atoms with Gasteiger partial charge in [-0.1, -0.05) is 201 Å². The van der Waals surface area contributed by atoms with E-state index in [1.54, 1.807) is 12.1 Å². The van der Waals surface area contributed by atoms with Crippen molar-refractivity contribution in [3.8, 4) is 50.2 Å². The van der Waals surface area contributed by atoms with E-state index in [1.165, 1.54) is 33.4 Å². The minimum absolute atomic E-state index is 0.610. The maximum absolute atomic E-state index is 13.8. The molecule has 0 spiro atoms. The number of fused-ring (bicyclic) bond motifs is 6. The third-order valence-electron chi connectivity index (χ3n) is 15.5. The predicted molar refractivity (Wildman–Crippen MR) is 314 cm³/mol. The van der Waals surface area contributed by atoms with Gasteiger partial charge in [-0.15, -0.1) is 0 Å². The molecule has 0 aliphatic heterocycles. The molecule has 1 aliphatic carbocycles. The summed E-state index contributed by atoms with van der Waals surface area (Å²) in [6.45, 7) is 7.98. The van der Waals surface area contributed by atoms with Crippen LogP contribution in [0.2, 0.25) is 0 Å². The lowest BCUT2D eigenvalue weighted by Gasteiger charge is -2.35. The van der Waals surface area contributed by atoms with Gasteiger partial charge in [-0.25, -0.2) is 0 Å². The highest BCUT2D eigenvalue weighted by atomic mass is 19.4. The van der Waals surface area contributed by atoms with E-state index in [0.717, 1.165) is 95.5 Å². The van der Waals surface area contributed by atoms with Crippen LogP contribution in [0, 0.1) is 0 Å². The molecule has 1 aromatic heterocycles. The second kappa shape index (κ2) is 18.9. The van der Waals surface area contributed by atoms with E-state index in [1.807, 2.05) is 30.4 Å². The fraction of sp³-hybridized carbons (Fsp3) is 0.0278. The van der Waals surface area contributed by atoms with E-state index in [2.05, 4.69) is 241 Å². The maximum Gasteiger partial charge on any atom is 0.416 e. The number of rotatable bonds is 11. The molecule has 1 heterocycles. The van der Waals surface area contributed by atoms with Gasteiger partial charge in [0.05, 0.1) is 22.0 Å². The summed E-state index contributed by atoms with van der Waals surface area (Å²) in [7, 11) is 0. The molecule has 0 bridgehead atoms. The Morgan fingerprint density at radius 2 is 0.818 bits per heavy atom. The third-order valence-corrected chi connectivity index (χ3v) is 15.5. The zero-order valence-corrected chi connectivity index (χ0v) is 41.9. The van der Waals surface area contributed by atoms with Gasteiger partial charge >= 0.3 is 6.18 Å². The van der Waals surface area contributed by atoms with Gasteiger partial charge in [-0.2, -0.15) is 13.2 Å². The van der Waals surface area contributed by atoms with Gasteiger partial charge in [-0.05, 0) is 163 Å². The van der Waals surface area contributed by atoms with Gasteiger partial charge in [0.2, 0.25) is 0 Å². The van der Waals surface area contributed by atoms with Crippen LogP contribution in [0.25, 0.3) is 84.2 Å². The van der Waals surface area contributed by atoms with Gasteiger partial charge in [0.15, 0.2) is 0 Å². The maximum atomic E-state index is 13.8. The van der Waals surface area contributed by atoms with Crippen molar-refractivity contribution in [1.82, 2.24) is 4.57 Å². The van der Waals surface area contributed by atoms with Crippen LogP contribution in [0.1, 0.15) is 38.9 Å². The lowest BCUT2D eigenvalue weighted by molar-refractivity contribution is -0.137. The number of benzene rings is 11. The third kappa shape index (κ3) is 8.07. The number of alkyl halides is 3. The highest BCUT2D eigenvalue weighted by Crippen LogP contribution is 2.57. The average Bonchev–Trinajstić information content (AvgIpc) is 4.14. The van der Waals surface area contributed by atoms with Gasteiger partial charge < -0.3 is 9.47 Å². The molecular formula is C72H49F3N2. The summed E-state index contributed by atoms with van der Waals surface area (Å²) in [5, 5.41) is 1.99. The summed E-state index contributed by atoms with van der Waals surface area (Å²) in [6, 6.07) is 89.9. The van der Waals surface area contributed by atoms with Crippen molar-refractivity contribution < 1.29 is 13.2 Å². The Hall–Kier alpha value is -9.71. The highest BCUT2D eigenvalue weighted by Gasteiger charge is 2.46.